The predicted molar refractivity (Wildman–Crippen MR) is 127 cm³/mol. The molecule has 3 saturated heterocycles. The summed E-state index contributed by atoms with van der Waals surface area (Å²) in [6, 6.07) is 2.27. The second-order valence-electron chi connectivity index (χ2n) is 9.39. The monoisotopic (exact) mass is 472 g/mol. The molecular weight excluding hydrogens is 436 g/mol. The van der Waals surface area contributed by atoms with E-state index in [1.54, 1.807) is 0 Å². The molecular formula is C24H36N6O4. The molecule has 10 heteroatoms. The highest BCUT2D eigenvalue weighted by molar-refractivity contribution is 5.93. The van der Waals surface area contributed by atoms with Gasteiger partial charge in [0.2, 0.25) is 11.8 Å². The lowest BCUT2D eigenvalue weighted by molar-refractivity contribution is -0.137. The molecule has 1 aromatic heterocycles. The van der Waals surface area contributed by atoms with Crippen LogP contribution >= 0.6 is 0 Å². The van der Waals surface area contributed by atoms with Crippen LogP contribution in [0, 0.1) is 25.2 Å². The fourth-order valence-electron chi connectivity index (χ4n) is 4.93. The van der Waals surface area contributed by atoms with E-state index in [9.17, 15) is 14.9 Å². The minimum atomic E-state index is -0.125. The Bertz CT molecular complexity index is 919. The van der Waals surface area contributed by atoms with Crippen LogP contribution in [0.2, 0.25) is 0 Å². The number of hydrogen-bond donors (Lipinski definition) is 1. The quantitative estimate of drug-likeness (QED) is 0.619. The molecule has 1 atom stereocenters. The smallest absolute Gasteiger partial charge is 0.239 e. The minimum Gasteiger partial charge on any atom is -0.378 e. The molecule has 0 aliphatic carbocycles. The Labute approximate surface area is 201 Å². The third-order valence-corrected chi connectivity index (χ3v) is 7.16. The van der Waals surface area contributed by atoms with Crippen molar-refractivity contribution in [3.8, 4) is 6.07 Å². The number of ether oxygens (including phenoxy) is 2. The maximum atomic E-state index is 12.9. The maximum absolute atomic E-state index is 12.9. The van der Waals surface area contributed by atoms with Gasteiger partial charge in [-0.05, 0) is 32.3 Å². The van der Waals surface area contributed by atoms with E-state index in [2.05, 4.69) is 21.2 Å². The first-order valence-corrected chi connectivity index (χ1v) is 12.3. The van der Waals surface area contributed by atoms with Crippen LogP contribution < -0.4 is 5.32 Å². The first kappa shape index (κ1) is 24.7. The fraction of sp³-hybridized carbons (Fsp3) is 0.708. The predicted octanol–water partition coefficient (Wildman–Crippen LogP) is 0.571. The normalized spacial score (nSPS) is 22.0. The molecule has 186 valence electrons. The standard InChI is InChI=1S/C24H36N6O4/c1-18-19(2)30(15-20-4-3-11-34-20)24(21(18)14-25)26-22(31)16-27-5-7-28(8-6-27)17-23(32)29-9-12-33-13-10-29/h20H,3-13,15-17H2,1-2H3,(H,26,31)/t20-/m1/s1. The second kappa shape index (κ2) is 11.3. The van der Waals surface area contributed by atoms with E-state index in [-0.39, 0.29) is 24.5 Å². The topological polar surface area (TPSA) is 103 Å². The van der Waals surface area contributed by atoms with E-state index in [4.69, 9.17) is 9.47 Å². The van der Waals surface area contributed by atoms with Gasteiger partial charge in [0.1, 0.15) is 11.9 Å². The Morgan fingerprint density at radius 2 is 1.71 bits per heavy atom. The summed E-state index contributed by atoms with van der Waals surface area (Å²) in [5.74, 6) is 0.601. The van der Waals surface area contributed by atoms with Crippen molar-refractivity contribution < 1.29 is 19.1 Å². The van der Waals surface area contributed by atoms with Gasteiger partial charge in [0, 0.05) is 51.6 Å². The highest BCUT2D eigenvalue weighted by atomic mass is 16.5. The molecule has 0 bridgehead atoms. The molecule has 1 N–H and O–H groups in total. The number of carbonyl (C=O) groups excluding carboxylic acids is 2. The zero-order valence-corrected chi connectivity index (χ0v) is 20.3. The molecule has 3 fully saturated rings. The molecule has 0 aromatic carbocycles. The fourth-order valence-corrected chi connectivity index (χ4v) is 4.93. The highest BCUT2D eigenvalue weighted by Gasteiger charge is 2.26. The van der Waals surface area contributed by atoms with Crippen LogP contribution in [-0.2, 0) is 25.6 Å². The SMILES string of the molecule is Cc1c(C#N)c(NC(=O)CN2CCN(CC(=O)N3CCOCC3)CC2)n(C[C@H]2CCCO2)c1C. The first-order chi connectivity index (χ1) is 16.5. The van der Waals surface area contributed by atoms with Crippen molar-refractivity contribution in [1.29, 1.82) is 5.26 Å². The van der Waals surface area contributed by atoms with Gasteiger partial charge >= 0.3 is 0 Å². The van der Waals surface area contributed by atoms with Crippen molar-refractivity contribution >= 4 is 17.6 Å². The number of nitriles is 1. The van der Waals surface area contributed by atoms with Gasteiger partial charge in [-0.1, -0.05) is 0 Å². The number of anilines is 1. The summed E-state index contributed by atoms with van der Waals surface area (Å²) >= 11 is 0. The summed E-state index contributed by atoms with van der Waals surface area (Å²) in [5, 5.41) is 12.7. The maximum Gasteiger partial charge on any atom is 0.239 e. The van der Waals surface area contributed by atoms with Gasteiger partial charge in [0.05, 0.1) is 44.5 Å². The number of piperazine rings is 1. The third-order valence-electron chi connectivity index (χ3n) is 7.16. The Morgan fingerprint density at radius 1 is 1.03 bits per heavy atom. The first-order valence-electron chi connectivity index (χ1n) is 12.3. The van der Waals surface area contributed by atoms with E-state index < -0.39 is 0 Å². The molecule has 3 aliphatic heterocycles. The molecule has 2 amide bonds. The molecule has 4 heterocycles. The number of morpholine rings is 1. The largest absolute Gasteiger partial charge is 0.378 e. The van der Waals surface area contributed by atoms with Crippen LogP contribution in [0.4, 0.5) is 5.82 Å². The molecule has 1 aromatic rings. The molecule has 0 unspecified atom stereocenters. The zero-order valence-electron chi connectivity index (χ0n) is 20.3. The number of amides is 2. The molecule has 10 nitrogen and oxygen atoms in total. The number of carbonyl (C=O) groups is 2. The van der Waals surface area contributed by atoms with Gasteiger partial charge in [0.15, 0.2) is 0 Å². The summed E-state index contributed by atoms with van der Waals surface area (Å²) in [5.41, 5.74) is 2.41. The van der Waals surface area contributed by atoms with Gasteiger partial charge in [-0.25, -0.2) is 0 Å². The summed E-state index contributed by atoms with van der Waals surface area (Å²) < 4.78 is 13.1. The molecule has 0 spiro atoms. The van der Waals surface area contributed by atoms with Crippen LogP contribution in [-0.4, -0.2) is 109 Å². The number of nitrogens with zero attached hydrogens (tertiary/aromatic N) is 5. The van der Waals surface area contributed by atoms with Crippen molar-refractivity contribution in [2.24, 2.45) is 0 Å². The number of aromatic nitrogens is 1. The van der Waals surface area contributed by atoms with Crippen molar-refractivity contribution in [3.63, 3.8) is 0 Å². The molecule has 34 heavy (non-hydrogen) atoms. The van der Waals surface area contributed by atoms with Gasteiger partial charge in [-0.15, -0.1) is 0 Å². The zero-order chi connectivity index (χ0) is 24.1. The molecule has 3 aliphatic rings. The van der Waals surface area contributed by atoms with Crippen molar-refractivity contribution in [2.45, 2.75) is 39.3 Å². The summed E-state index contributed by atoms with van der Waals surface area (Å²) in [6.45, 7) is 11.5. The Morgan fingerprint density at radius 3 is 2.32 bits per heavy atom. The van der Waals surface area contributed by atoms with Crippen LogP contribution in [0.3, 0.4) is 0 Å². The average molecular weight is 473 g/mol. The van der Waals surface area contributed by atoms with E-state index >= 15 is 0 Å². The second-order valence-corrected chi connectivity index (χ2v) is 9.39. The van der Waals surface area contributed by atoms with Gasteiger partial charge < -0.3 is 24.3 Å². The Hall–Kier alpha value is -2.45. The van der Waals surface area contributed by atoms with E-state index in [1.165, 1.54) is 0 Å². The van der Waals surface area contributed by atoms with Gasteiger partial charge in [-0.3, -0.25) is 19.4 Å². The minimum absolute atomic E-state index is 0.112. The van der Waals surface area contributed by atoms with Gasteiger partial charge in [-0.2, -0.15) is 5.26 Å². The summed E-state index contributed by atoms with van der Waals surface area (Å²) in [7, 11) is 0. The number of rotatable bonds is 7. The van der Waals surface area contributed by atoms with Crippen LogP contribution in [0.1, 0.15) is 29.7 Å². The van der Waals surface area contributed by atoms with Crippen LogP contribution in [0.5, 0.6) is 0 Å². The number of nitrogens with one attached hydrogen (secondary N) is 1. The van der Waals surface area contributed by atoms with E-state index in [0.29, 0.717) is 50.8 Å². The lowest BCUT2D eigenvalue weighted by Crippen LogP contribution is -2.52. The number of hydrogen-bond acceptors (Lipinski definition) is 7. The summed E-state index contributed by atoms with van der Waals surface area (Å²) in [4.78, 5) is 31.5. The molecule has 0 saturated carbocycles. The van der Waals surface area contributed by atoms with Crippen molar-refractivity contribution in [2.75, 3.05) is 77.5 Å². The average Bonchev–Trinajstić information content (AvgIpc) is 3.43. The lowest BCUT2D eigenvalue weighted by Gasteiger charge is -2.35. The summed E-state index contributed by atoms with van der Waals surface area (Å²) in [6.07, 6.45) is 2.14. The Balaban J connectivity index is 1.30. The van der Waals surface area contributed by atoms with E-state index in [1.807, 2.05) is 23.3 Å². The molecule has 0 radical (unpaired) electrons. The highest BCUT2D eigenvalue weighted by Crippen LogP contribution is 2.28. The van der Waals surface area contributed by atoms with E-state index in [0.717, 1.165) is 56.9 Å². The third kappa shape index (κ3) is 5.78. The Kier molecular flexibility index (Phi) is 8.21. The van der Waals surface area contributed by atoms with Gasteiger partial charge in [0.25, 0.3) is 0 Å². The van der Waals surface area contributed by atoms with Crippen molar-refractivity contribution in [3.05, 3.63) is 16.8 Å². The lowest BCUT2D eigenvalue weighted by atomic mass is 10.2. The van der Waals surface area contributed by atoms with Crippen molar-refractivity contribution in [1.82, 2.24) is 19.3 Å². The molecule has 4 rings (SSSR count). The van der Waals surface area contributed by atoms with Crippen LogP contribution in [0.15, 0.2) is 0 Å². The van der Waals surface area contributed by atoms with Crippen LogP contribution in [0.25, 0.3) is 0 Å².